The van der Waals surface area contributed by atoms with Gasteiger partial charge in [-0.25, -0.2) is 4.98 Å². The number of thiazole rings is 1. The van der Waals surface area contributed by atoms with Crippen LogP contribution in [0, 0.1) is 0 Å². The zero-order chi connectivity index (χ0) is 9.97. The third-order valence-electron chi connectivity index (χ3n) is 1.98. The summed E-state index contributed by atoms with van der Waals surface area (Å²) in [6.45, 7) is 1.95. The van der Waals surface area contributed by atoms with Crippen molar-refractivity contribution in [3.05, 3.63) is 23.5 Å². The highest BCUT2D eigenvalue weighted by Gasteiger charge is 2.10. The minimum absolute atomic E-state index is 0.395. The molecule has 0 saturated carbocycles. The Hall–Kier alpha value is -1.20. The van der Waals surface area contributed by atoms with E-state index in [4.69, 9.17) is 0 Å². The molecule has 0 fully saturated rings. The first-order chi connectivity index (χ1) is 6.81. The molecule has 1 atom stereocenters. The normalized spacial score (nSPS) is 13.0. The van der Waals surface area contributed by atoms with Crippen LogP contribution in [0.4, 0.5) is 0 Å². The van der Waals surface area contributed by atoms with Crippen molar-refractivity contribution >= 4 is 11.3 Å². The van der Waals surface area contributed by atoms with Gasteiger partial charge in [-0.05, 0) is 6.42 Å². The second kappa shape index (κ2) is 3.89. The van der Waals surface area contributed by atoms with Crippen molar-refractivity contribution in [2.75, 3.05) is 0 Å². The molecule has 0 radical (unpaired) electrons. The average molecular weight is 209 g/mol. The van der Waals surface area contributed by atoms with Crippen molar-refractivity contribution < 1.29 is 5.11 Å². The van der Waals surface area contributed by atoms with Crippen LogP contribution in [-0.4, -0.2) is 20.3 Å². The SMILES string of the molecule is CCC(O)c1cnc(-c2cn[nH]c2)s1. The van der Waals surface area contributed by atoms with Crippen LogP contribution in [0.3, 0.4) is 0 Å². The molecule has 74 valence electrons. The third-order valence-corrected chi connectivity index (χ3v) is 3.13. The lowest BCUT2D eigenvalue weighted by atomic mass is 10.2. The fourth-order valence-corrected chi connectivity index (χ4v) is 2.11. The Morgan fingerprint density at radius 3 is 3.07 bits per heavy atom. The van der Waals surface area contributed by atoms with Gasteiger partial charge < -0.3 is 5.11 Å². The van der Waals surface area contributed by atoms with Gasteiger partial charge in [0.2, 0.25) is 0 Å². The van der Waals surface area contributed by atoms with Crippen molar-refractivity contribution in [3.8, 4) is 10.6 Å². The molecule has 1 unspecified atom stereocenters. The van der Waals surface area contributed by atoms with Crippen LogP contribution in [-0.2, 0) is 0 Å². The van der Waals surface area contributed by atoms with Gasteiger partial charge in [-0.2, -0.15) is 5.10 Å². The van der Waals surface area contributed by atoms with Crippen LogP contribution in [0.5, 0.6) is 0 Å². The molecule has 4 nitrogen and oxygen atoms in total. The lowest BCUT2D eigenvalue weighted by Gasteiger charge is -2.00. The monoisotopic (exact) mass is 209 g/mol. The summed E-state index contributed by atoms with van der Waals surface area (Å²) < 4.78 is 0. The number of aromatic nitrogens is 3. The van der Waals surface area contributed by atoms with E-state index in [0.717, 1.165) is 15.4 Å². The summed E-state index contributed by atoms with van der Waals surface area (Å²) >= 11 is 1.50. The second-order valence-electron chi connectivity index (χ2n) is 2.98. The summed E-state index contributed by atoms with van der Waals surface area (Å²) in [5.74, 6) is 0. The van der Waals surface area contributed by atoms with E-state index in [9.17, 15) is 5.11 Å². The predicted octanol–water partition coefficient (Wildman–Crippen LogP) is 1.98. The number of H-pyrrole nitrogens is 1. The highest BCUT2D eigenvalue weighted by molar-refractivity contribution is 7.15. The van der Waals surface area contributed by atoms with Gasteiger partial charge in [-0.1, -0.05) is 6.92 Å². The summed E-state index contributed by atoms with van der Waals surface area (Å²) in [5.41, 5.74) is 0.963. The standard InChI is InChI=1S/C9H11N3OS/c1-2-7(13)8-5-10-9(14-8)6-3-11-12-4-6/h3-5,7,13H,2H2,1H3,(H,11,12). The molecular weight excluding hydrogens is 198 g/mol. The van der Waals surface area contributed by atoms with Crippen LogP contribution in [0.15, 0.2) is 18.6 Å². The Bertz CT molecular complexity index is 396. The van der Waals surface area contributed by atoms with Crippen molar-refractivity contribution in [1.29, 1.82) is 0 Å². The highest BCUT2D eigenvalue weighted by Crippen LogP contribution is 2.29. The van der Waals surface area contributed by atoms with Gasteiger partial charge in [0.05, 0.1) is 17.2 Å². The van der Waals surface area contributed by atoms with Crippen LogP contribution >= 0.6 is 11.3 Å². The number of nitrogens with one attached hydrogen (secondary N) is 1. The number of aliphatic hydroxyl groups excluding tert-OH is 1. The zero-order valence-electron chi connectivity index (χ0n) is 7.77. The minimum Gasteiger partial charge on any atom is -0.388 e. The molecule has 2 rings (SSSR count). The number of hydrogen-bond donors (Lipinski definition) is 2. The summed E-state index contributed by atoms with van der Waals surface area (Å²) in [7, 11) is 0. The van der Waals surface area contributed by atoms with Gasteiger partial charge in [-0.3, -0.25) is 5.10 Å². The first kappa shape index (κ1) is 9.36. The van der Waals surface area contributed by atoms with Gasteiger partial charge in [0.15, 0.2) is 0 Å². The maximum absolute atomic E-state index is 9.59. The molecule has 0 spiro atoms. The van der Waals surface area contributed by atoms with Gasteiger partial charge in [0.25, 0.3) is 0 Å². The van der Waals surface area contributed by atoms with E-state index in [1.54, 1.807) is 18.6 Å². The average Bonchev–Trinajstić information content (AvgIpc) is 2.86. The van der Waals surface area contributed by atoms with Crippen molar-refractivity contribution in [1.82, 2.24) is 15.2 Å². The van der Waals surface area contributed by atoms with E-state index in [0.29, 0.717) is 6.42 Å². The fourth-order valence-electron chi connectivity index (χ4n) is 1.14. The molecule has 0 aliphatic heterocycles. The highest BCUT2D eigenvalue weighted by atomic mass is 32.1. The topological polar surface area (TPSA) is 61.8 Å². The third kappa shape index (κ3) is 1.69. The largest absolute Gasteiger partial charge is 0.388 e. The zero-order valence-corrected chi connectivity index (χ0v) is 8.58. The number of nitrogens with zero attached hydrogens (tertiary/aromatic N) is 2. The van der Waals surface area contributed by atoms with E-state index >= 15 is 0 Å². The van der Waals surface area contributed by atoms with Crippen LogP contribution in [0.2, 0.25) is 0 Å². The minimum atomic E-state index is -0.395. The molecular formula is C9H11N3OS. The maximum Gasteiger partial charge on any atom is 0.126 e. The van der Waals surface area contributed by atoms with E-state index in [-0.39, 0.29) is 0 Å². The van der Waals surface area contributed by atoms with Gasteiger partial charge >= 0.3 is 0 Å². The van der Waals surface area contributed by atoms with Gasteiger partial charge in [0.1, 0.15) is 5.01 Å². The van der Waals surface area contributed by atoms with Gasteiger partial charge in [-0.15, -0.1) is 11.3 Å². The molecule has 0 saturated heterocycles. The molecule has 2 aromatic heterocycles. The Balaban J connectivity index is 2.26. The molecule has 2 N–H and O–H groups in total. The first-order valence-corrected chi connectivity index (χ1v) is 5.26. The van der Waals surface area contributed by atoms with Crippen LogP contribution in [0.25, 0.3) is 10.6 Å². The molecule has 0 amide bonds. The Morgan fingerprint density at radius 1 is 1.57 bits per heavy atom. The van der Waals surface area contributed by atoms with E-state index in [1.807, 2.05) is 6.92 Å². The van der Waals surface area contributed by atoms with Crippen molar-refractivity contribution in [3.63, 3.8) is 0 Å². The fraction of sp³-hybridized carbons (Fsp3) is 0.333. The number of aliphatic hydroxyl groups is 1. The van der Waals surface area contributed by atoms with Crippen molar-refractivity contribution in [2.45, 2.75) is 19.4 Å². The summed E-state index contributed by atoms with van der Waals surface area (Å²) in [5, 5.41) is 17.1. The van der Waals surface area contributed by atoms with E-state index in [1.165, 1.54) is 11.3 Å². The Morgan fingerprint density at radius 2 is 2.43 bits per heavy atom. The summed E-state index contributed by atoms with van der Waals surface area (Å²) in [4.78, 5) is 5.13. The Labute approximate surface area is 85.6 Å². The lowest BCUT2D eigenvalue weighted by Crippen LogP contribution is -1.89. The smallest absolute Gasteiger partial charge is 0.126 e. The molecule has 14 heavy (non-hydrogen) atoms. The van der Waals surface area contributed by atoms with E-state index in [2.05, 4.69) is 15.2 Å². The molecule has 0 aromatic carbocycles. The number of rotatable bonds is 3. The maximum atomic E-state index is 9.59. The molecule has 0 bridgehead atoms. The number of aromatic amines is 1. The first-order valence-electron chi connectivity index (χ1n) is 4.44. The Kier molecular flexibility index (Phi) is 2.60. The van der Waals surface area contributed by atoms with Crippen LogP contribution < -0.4 is 0 Å². The van der Waals surface area contributed by atoms with Crippen LogP contribution in [0.1, 0.15) is 24.3 Å². The van der Waals surface area contributed by atoms with Gasteiger partial charge in [0, 0.05) is 18.0 Å². The predicted molar refractivity (Wildman–Crippen MR) is 54.9 cm³/mol. The molecule has 5 heteroatoms. The quantitative estimate of drug-likeness (QED) is 0.812. The summed E-state index contributed by atoms with van der Waals surface area (Å²) in [6.07, 6.45) is 5.56. The molecule has 0 aliphatic rings. The second-order valence-corrected chi connectivity index (χ2v) is 4.04. The van der Waals surface area contributed by atoms with Crippen molar-refractivity contribution in [2.24, 2.45) is 0 Å². The molecule has 0 aliphatic carbocycles. The number of hydrogen-bond acceptors (Lipinski definition) is 4. The molecule has 2 heterocycles. The lowest BCUT2D eigenvalue weighted by molar-refractivity contribution is 0.177. The summed E-state index contributed by atoms with van der Waals surface area (Å²) in [6, 6.07) is 0. The molecule has 2 aromatic rings. The van der Waals surface area contributed by atoms with E-state index < -0.39 is 6.10 Å².